The third-order valence-corrected chi connectivity index (χ3v) is 8.48. The van der Waals surface area contributed by atoms with Crippen LogP contribution in [-0.2, 0) is 4.74 Å². The molecule has 0 radical (unpaired) electrons. The number of halogens is 3. The molecular weight excluding hydrogens is 507 g/mol. The molecule has 2 aromatic heterocycles. The molecule has 3 aliphatic rings. The number of alkyl halides is 3. The number of aromatic nitrogens is 4. The van der Waals surface area contributed by atoms with Crippen LogP contribution in [0.1, 0.15) is 50.8 Å². The van der Waals surface area contributed by atoms with Crippen LogP contribution in [-0.4, -0.2) is 82.6 Å². The molecule has 1 saturated carbocycles. The van der Waals surface area contributed by atoms with Crippen LogP contribution in [0, 0.1) is 5.92 Å². The number of hydrogen-bond acceptors (Lipinski definition) is 7. The Morgan fingerprint density at radius 2 is 1.72 bits per heavy atom. The number of morpholine rings is 1. The van der Waals surface area contributed by atoms with Crippen molar-refractivity contribution in [3.63, 3.8) is 0 Å². The number of ether oxygens (including phenoxy) is 1. The highest BCUT2D eigenvalue weighted by atomic mass is 19.3. The molecule has 0 amide bonds. The molecule has 1 atom stereocenters. The number of nitrogens with zero attached hydrogens (tertiary/aromatic N) is 6. The first kappa shape index (κ1) is 26.3. The molecule has 6 rings (SSSR count). The van der Waals surface area contributed by atoms with Crippen LogP contribution in [0.5, 0.6) is 0 Å². The molecule has 0 bridgehead atoms. The van der Waals surface area contributed by atoms with E-state index in [1.54, 1.807) is 24.3 Å². The highest BCUT2D eigenvalue weighted by Crippen LogP contribution is 2.33. The fourth-order valence-corrected chi connectivity index (χ4v) is 6.42. The van der Waals surface area contributed by atoms with E-state index in [0.29, 0.717) is 73.4 Å². The molecule has 1 aliphatic carbocycles. The van der Waals surface area contributed by atoms with E-state index < -0.39 is 6.43 Å². The fraction of sp³-hybridized carbons (Fsp3) is 0.607. The number of rotatable bonds is 8. The minimum atomic E-state index is -2.75. The second kappa shape index (κ2) is 11.7. The van der Waals surface area contributed by atoms with Gasteiger partial charge in [-0.2, -0.15) is 9.97 Å². The normalized spacial score (nSPS) is 24.6. The number of nitrogens with one attached hydrogen (secondary N) is 1. The summed E-state index contributed by atoms with van der Waals surface area (Å²) in [6.45, 7) is 3.98. The van der Waals surface area contributed by atoms with Crippen molar-refractivity contribution >= 4 is 22.8 Å². The smallest absolute Gasteiger partial charge is 0.296 e. The van der Waals surface area contributed by atoms with Crippen LogP contribution in [0.2, 0.25) is 0 Å². The molecule has 8 nitrogen and oxygen atoms in total. The maximum atomic E-state index is 14.1. The van der Waals surface area contributed by atoms with E-state index >= 15 is 0 Å². The van der Waals surface area contributed by atoms with E-state index in [1.807, 2.05) is 6.07 Å². The quantitative estimate of drug-likeness (QED) is 0.429. The molecule has 1 aromatic carbocycles. The van der Waals surface area contributed by atoms with Gasteiger partial charge in [-0.1, -0.05) is 12.1 Å². The minimum Gasteiger partial charge on any atom is -0.378 e. The SMILES string of the molecule is FC[C@@H]1CCCN1C1CCC(CNc2nc(N3CCOCC3)cc(-n3c(C(F)F)nc4ccccc43)n2)CC1. The maximum Gasteiger partial charge on any atom is 0.296 e. The van der Waals surface area contributed by atoms with E-state index in [-0.39, 0.29) is 18.5 Å². The monoisotopic (exact) mass is 543 g/mol. The van der Waals surface area contributed by atoms with Crippen LogP contribution in [0.4, 0.5) is 24.9 Å². The first-order valence-electron chi connectivity index (χ1n) is 14.1. The number of hydrogen-bond donors (Lipinski definition) is 1. The number of fused-ring (bicyclic) bond motifs is 1. The van der Waals surface area contributed by atoms with E-state index in [1.165, 1.54) is 4.57 Å². The summed E-state index contributed by atoms with van der Waals surface area (Å²) < 4.78 is 48.6. The molecule has 2 saturated heterocycles. The molecule has 2 aliphatic heterocycles. The van der Waals surface area contributed by atoms with Gasteiger partial charge in [-0.3, -0.25) is 9.47 Å². The zero-order valence-corrected chi connectivity index (χ0v) is 22.1. The van der Waals surface area contributed by atoms with Crippen molar-refractivity contribution in [1.82, 2.24) is 24.4 Å². The van der Waals surface area contributed by atoms with Gasteiger partial charge in [0.25, 0.3) is 6.43 Å². The van der Waals surface area contributed by atoms with Crippen molar-refractivity contribution in [2.75, 3.05) is 56.3 Å². The lowest BCUT2D eigenvalue weighted by Crippen LogP contribution is -2.42. The zero-order valence-electron chi connectivity index (χ0n) is 22.1. The summed E-state index contributed by atoms with van der Waals surface area (Å²) >= 11 is 0. The van der Waals surface area contributed by atoms with E-state index in [2.05, 4.69) is 20.1 Å². The van der Waals surface area contributed by atoms with E-state index in [4.69, 9.17) is 14.7 Å². The van der Waals surface area contributed by atoms with Gasteiger partial charge in [0.05, 0.1) is 24.2 Å². The Balaban J connectivity index is 1.23. The molecule has 1 N–H and O–H groups in total. The lowest BCUT2D eigenvalue weighted by atomic mass is 9.85. The second-order valence-electron chi connectivity index (χ2n) is 10.8. The predicted octanol–water partition coefficient (Wildman–Crippen LogP) is 4.99. The number of imidazole rings is 1. The van der Waals surface area contributed by atoms with Gasteiger partial charge in [-0.25, -0.2) is 18.2 Å². The van der Waals surface area contributed by atoms with Gasteiger partial charge in [0, 0.05) is 37.8 Å². The Morgan fingerprint density at radius 3 is 2.49 bits per heavy atom. The van der Waals surface area contributed by atoms with Crippen LogP contribution in [0.15, 0.2) is 30.3 Å². The summed E-state index contributed by atoms with van der Waals surface area (Å²) in [5.41, 5.74) is 1.08. The number of likely N-dealkylation sites (tertiary alicyclic amines) is 1. The van der Waals surface area contributed by atoms with Gasteiger partial charge in [0.1, 0.15) is 18.3 Å². The number of para-hydroxylation sites is 2. The van der Waals surface area contributed by atoms with Crippen LogP contribution in [0.3, 0.4) is 0 Å². The zero-order chi connectivity index (χ0) is 26.8. The van der Waals surface area contributed by atoms with Gasteiger partial charge in [0.2, 0.25) is 5.95 Å². The fourth-order valence-electron chi connectivity index (χ4n) is 6.42. The third-order valence-electron chi connectivity index (χ3n) is 8.48. The van der Waals surface area contributed by atoms with Gasteiger partial charge in [-0.05, 0) is 63.1 Å². The Kier molecular flexibility index (Phi) is 7.87. The number of benzene rings is 1. The molecule has 0 unspecified atom stereocenters. The summed E-state index contributed by atoms with van der Waals surface area (Å²) in [4.78, 5) is 18.2. The average molecular weight is 544 g/mol. The molecule has 39 heavy (non-hydrogen) atoms. The van der Waals surface area contributed by atoms with Crippen molar-refractivity contribution in [2.45, 2.75) is 57.0 Å². The van der Waals surface area contributed by atoms with Crippen molar-refractivity contribution < 1.29 is 17.9 Å². The summed E-state index contributed by atoms with van der Waals surface area (Å²) in [6, 6.07) is 9.44. The minimum absolute atomic E-state index is 0.0943. The lowest BCUT2D eigenvalue weighted by Gasteiger charge is -2.37. The molecule has 0 spiro atoms. The van der Waals surface area contributed by atoms with E-state index in [0.717, 1.165) is 45.1 Å². The summed E-state index contributed by atoms with van der Waals surface area (Å²) in [5.74, 6) is 1.59. The van der Waals surface area contributed by atoms with Gasteiger partial charge in [-0.15, -0.1) is 0 Å². The van der Waals surface area contributed by atoms with Crippen LogP contribution < -0.4 is 10.2 Å². The number of anilines is 2. The van der Waals surface area contributed by atoms with Crippen LogP contribution in [0.25, 0.3) is 16.9 Å². The molecule has 11 heteroatoms. The molecule has 3 fully saturated rings. The first-order chi connectivity index (χ1) is 19.1. The lowest BCUT2D eigenvalue weighted by molar-refractivity contribution is 0.111. The van der Waals surface area contributed by atoms with Gasteiger partial charge in [0.15, 0.2) is 5.82 Å². The van der Waals surface area contributed by atoms with Crippen molar-refractivity contribution in [3.05, 3.63) is 36.2 Å². The first-order valence-corrected chi connectivity index (χ1v) is 14.1. The molecule has 210 valence electrons. The predicted molar refractivity (Wildman–Crippen MR) is 145 cm³/mol. The van der Waals surface area contributed by atoms with Crippen molar-refractivity contribution in [1.29, 1.82) is 0 Å². The molecule has 4 heterocycles. The second-order valence-corrected chi connectivity index (χ2v) is 10.8. The summed E-state index contributed by atoms with van der Waals surface area (Å²) in [7, 11) is 0. The largest absolute Gasteiger partial charge is 0.378 e. The van der Waals surface area contributed by atoms with Crippen molar-refractivity contribution in [2.24, 2.45) is 5.92 Å². The molecule has 3 aromatic rings. The average Bonchev–Trinajstić information content (AvgIpc) is 3.62. The Hall–Kier alpha value is -2.92. The Bertz CT molecular complexity index is 1260. The van der Waals surface area contributed by atoms with Gasteiger partial charge < -0.3 is 15.0 Å². The standard InChI is InChI=1S/C28H36F3N7O/c29-17-21-4-3-11-37(21)20-9-7-19(8-10-20)18-32-28-34-24(36-12-14-39-15-13-36)16-25(35-28)38-23-6-2-1-5-22(23)33-27(38)26(30)31/h1-2,5-6,16,19-21,26H,3-4,7-15,17-18H2,(H,32,34,35)/t19?,20?,21-/m0/s1. The molecular formula is C28H36F3N7O. The topological polar surface area (TPSA) is 71.3 Å². The summed E-state index contributed by atoms with van der Waals surface area (Å²) in [6.07, 6.45) is 3.57. The van der Waals surface area contributed by atoms with Gasteiger partial charge >= 0.3 is 0 Å². The highest BCUT2D eigenvalue weighted by molar-refractivity contribution is 5.78. The third kappa shape index (κ3) is 5.56. The summed E-state index contributed by atoms with van der Waals surface area (Å²) in [5, 5.41) is 3.42. The van der Waals surface area contributed by atoms with Crippen molar-refractivity contribution in [3.8, 4) is 5.82 Å². The maximum absolute atomic E-state index is 14.1. The Labute approximate surface area is 226 Å². The van der Waals surface area contributed by atoms with Crippen LogP contribution >= 0.6 is 0 Å². The Morgan fingerprint density at radius 1 is 0.949 bits per heavy atom. The van der Waals surface area contributed by atoms with E-state index in [9.17, 15) is 13.2 Å². The highest BCUT2D eigenvalue weighted by Gasteiger charge is 2.33.